The fourth-order valence-electron chi connectivity index (χ4n) is 0.874. The van der Waals surface area contributed by atoms with E-state index >= 15 is 0 Å². The molecular formula is C8H20N2. The lowest BCUT2D eigenvalue weighted by Gasteiger charge is -2.27. The monoisotopic (exact) mass is 144 g/mol. The Kier molecular flexibility index (Phi) is 4.65. The van der Waals surface area contributed by atoms with Gasteiger partial charge in [0.15, 0.2) is 0 Å². The molecule has 0 saturated heterocycles. The molecule has 0 aromatic rings. The molecule has 0 fully saturated rings. The van der Waals surface area contributed by atoms with Crippen molar-refractivity contribution >= 4 is 0 Å². The smallest absolute Gasteiger partial charge is 0.0148 e. The second-order valence-electron chi connectivity index (χ2n) is 2.98. The standard InChI is InChI=1S/C8H20N2/c1-4-8(3,5-2)10-7-6-9/h10H,4-7,9H2,1-3H3. The van der Waals surface area contributed by atoms with E-state index in [-0.39, 0.29) is 0 Å². The van der Waals surface area contributed by atoms with E-state index in [1.165, 1.54) is 12.8 Å². The number of nitrogens with two attached hydrogens (primary N) is 1. The summed E-state index contributed by atoms with van der Waals surface area (Å²) in [5.41, 5.74) is 5.69. The predicted molar refractivity (Wildman–Crippen MR) is 46.0 cm³/mol. The summed E-state index contributed by atoms with van der Waals surface area (Å²) in [6, 6.07) is 0. The first-order chi connectivity index (χ1) is 4.68. The lowest BCUT2D eigenvalue weighted by molar-refractivity contribution is 0.336. The summed E-state index contributed by atoms with van der Waals surface area (Å²) in [5, 5.41) is 3.42. The Labute approximate surface area is 64.2 Å². The average Bonchev–Trinajstić information content (AvgIpc) is 2.00. The highest BCUT2D eigenvalue weighted by atomic mass is 15.0. The molecule has 0 amide bonds. The average molecular weight is 144 g/mol. The van der Waals surface area contributed by atoms with Crippen LogP contribution in [0.2, 0.25) is 0 Å². The van der Waals surface area contributed by atoms with Crippen molar-refractivity contribution in [3.05, 3.63) is 0 Å². The van der Waals surface area contributed by atoms with Crippen LogP contribution in [-0.2, 0) is 0 Å². The number of rotatable bonds is 5. The zero-order chi connectivity index (χ0) is 8.04. The Morgan fingerprint density at radius 1 is 1.30 bits per heavy atom. The van der Waals surface area contributed by atoms with Gasteiger partial charge in [-0.1, -0.05) is 13.8 Å². The minimum atomic E-state index is 0.305. The molecular weight excluding hydrogens is 124 g/mol. The first-order valence-electron chi connectivity index (χ1n) is 4.13. The van der Waals surface area contributed by atoms with Crippen molar-refractivity contribution in [1.82, 2.24) is 5.32 Å². The summed E-state index contributed by atoms with van der Waals surface area (Å²) < 4.78 is 0. The summed E-state index contributed by atoms with van der Waals surface area (Å²) in [5.74, 6) is 0. The van der Waals surface area contributed by atoms with Crippen LogP contribution in [0.25, 0.3) is 0 Å². The zero-order valence-electron chi connectivity index (χ0n) is 7.41. The van der Waals surface area contributed by atoms with Crippen LogP contribution in [0.3, 0.4) is 0 Å². The van der Waals surface area contributed by atoms with Gasteiger partial charge in [0.25, 0.3) is 0 Å². The van der Waals surface area contributed by atoms with E-state index in [1.807, 2.05) is 0 Å². The van der Waals surface area contributed by atoms with Crippen LogP contribution < -0.4 is 11.1 Å². The van der Waals surface area contributed by atoms with Gasteiger partial charge >= 0.3 is 0 Å². The Morgan fingerprint density at radius 2 is 1.80 bits per heavy atom. The molecule has 0 atom stereocenters. The maximum atomic E-state index is 5.38. The molecule has 0 heterocycles. The molecule has 0 bridgehead atoms. The molecule has 0 radical (unpaired) electrons. The van der Waals surface area contributed by atoms with Gasteiger partial charge in [-0.05, 0) is 19.8 Å². The number of hydrogen-bond acceptors (Lipinski definition) is 2. The Balaban J connectivity index is 3.58. The Bertz CT molecular complexity index is 77.3. The van der Waals surface area contributed by atoms with Gasteiger partial charge in [-0.15, -0.1) is 0 Å². The summed E-state index contributed by atoms with van der Waals surface area (Å²) in [6.07, 6.45) is 2.34. The molecule has 0 aliphatic carbocycles. The van der Waals surface area contributed by atoms with Crippen molar-refractivity contribution in [2.45, 2.75) is 39.2 Å². The summed E-state index contributed by atoms with van der Waals surface area (Å²) in [6.45, 7) is 8.30. The van der Waals surface area contributed by atoms with E-state index < -0.39 is 0 Å². The van der Waals surface area contributed by atoms with Gasteiger partial charge in [0.2, 0.25) is 0 Å². The molecule has 2 heteroatoms. The number of hydrogen-bond donors (Lipinski definition) is 2. The second-order valence-corrected chi connectivity index (χ2v) is 2.98. The van der Waals surface area contributed by atoms with E-state index in [0.29, 0.717) is 5.54 Å². The molecule has 62 valence electrons. The van der Waals surface area contributed by atoms with Crippen molar-refractivity contribution in [2.24, 2.45) is 5.73 Å². The maximum Gasteiger partial charge on any atom is 0.0148 e. The first-order valence-corrected chi connectivity index (χ1v) is 4.13. The largest absolute Gasteiger partial charge is 0.329 e. The van der Waals surface area contributed by atoms with Crippen molar-refractivity contribution in [2.75, 3.05) is 13.1 Å². The lowest BCUT2D eigenvalue weighted by Crippen LogP contribution is -2.43. The first kappa shape index (κ1) is 9.92. The lowest BCUT2D eigenvalue weighted by atomic mass is 9.96. The number of nitrogens with one attached hydrogen (secondary N) is 1. The highest BCUT2D eigenvalue weighted by Crippen LogP contribution is 2.12. The molecule has 0 aliphatic heterocycles. The van der Waals surface area contributed by atoms with E-state index in [0.717, 1.165) is 13.1 Å². The minimum Gasteiger partial charge on any atom is -0.329 e. The van der Waals surface area contributed by atoms with Crippen molar-refractivity contribution in [3.8, 4) is 0 Å². The van der Waals surface area contributed by atoms with Crippen molar-refractivity contribution in [3.63, 3.8) is 0 Å². The summed E-state index contributed by atoms with van der Waals surface area (Å²) in [4.78, 5) is 0. The van der Waals surface area contributed by atoms with Gasteiger partial charge in [0.1, 0.15) is 0 Å². The summed E-state index contributed by atoms with van der Waals surface area (Å²) in [7, 11) is 0. The normalized spacial score (nSPS) is 12.0. The molecule has 0 spiro atoms. The Morgan fingerprint density at radius 3 is 2.10 bits per heavy atom. The van der Waals surface area contributed by atoms with Crippen LogP contribution in [0.4, 0.5) is 0 Å². The van der Waals surface area contributed by atoms with E-state index in [2.05, 4.69) is 26.1 Å². The highest BCUT2D eigenvalue weighted by Gasteiger charge is 2.16. The van der Waals surface area contributed by atoms with Gasteiger partial charge in [-0.25, -0.2) is 0 Å². The molecule has 2 nitrogen and oxygen atoms in total. The van der Waals surface area contributed by atoms with Crippen molar-refractivity contribution < 1.29 is 0 Å². The van der Waals surface area contributed by atoms with E-state index in [1.54, 1.807) is 0 Å². The van der Waals surface area contributed by atoms with Gasteiger partial charge in [0.05, 0.1) is 0 Å². The van der Waals surface area contributed by atoms with Crippen LogP contribution in [0.15, 0.2) is 0 Å². The topological polar surface area (TPSA) is 38.0 Å². The quantitative estimate of drug-likeness (QED) is 0.606. The second kappa shape index (κ2) is 4.69. The van der Waals surface area contributed by atoms with E-state index in [9.17, 15) is 0 Å². The molecule has 0 rings (SSSR count). The van der Waals surface area contributed by atoms with Crippen LogP contribution in [0.1, 0.15) is 33.6 Å². The van der Waals surface area contributed by atoms with Gasteiger partial charge in [-0.3, -0.25) is 0 Å². The summed E-state index contributed by atoms with van der Waals surface area (Å²) >= 11 is 0. The zero-order valence-corrected chi connectivity index (χ0v) is 7.41. The van der Waals surface area contributed by atoms with E-state index in [4.69, 9.17) is 5.73 Å². The molecule has 0 unspecified atom stereocenters. The molecule has 0 aromatic heterocycles. The highest BCUT2D eigenvalue weighted by molar-refractivity contribution is 4.79. The molecule has 10 heavy (non-hydrogen) atoms. The van der Waals surface area contributed by atoms with Gasteiger partial charge < -0.3 is 11.1 Å². The van der Waals surface area contributed by atoms with Crippen LogP contribution in [0.5, 0.6) is 0 Å². The molecule has 0 aromatic carbocycles. The van der Waals surface area contributed by atoms with Crippen LogP contribution >= 0.6 is 0 Å². The van der Waals surface area contributed by atoms with Gasteiger partial charge in [0, 0.05) is 18.6 Å². The Hall–Kier alpha value is -0.0800. The fourth-order valence-corrected chi connectivity index (χ4v) is 0.874. The van der Waals surface area contributed by atoms with Gasteiger partial charge in [-0.2, -0.15) is 0 Å². The molecule has 0 saturated carbocycles. The third-order valence-electron chi connectivity index (χ3n) is 2.26. The van der Waals surface area contributed by atoms with Crippen molar-refractivity contribution in [1.29, 1.82) is 0 Å². The third kappa shape index (κ3) is 3.18. The minimum absolute atomic E-state index is 0.305. The third-order valence-corrected chi connectivity index (χ3v) is 2.26. The predicted octanol–water partition coefficient (Wildman–Crippen LogP) is 1.11. The molecule has 3 N–H and O–H groups in total. The molecule has 0 aliphatic rings. The maximum absolute atomic E-state index is 5.38. The van der Waals surface area contributed by atoms with Crippen LogP contribution in [-0.4, -0.2) is 18.6 Å². The fraction of sp³-hybridized carbons (Fsp3) is 1.00. The van der Waals surface area contributed by atoms with Crippen LogP contribution in [0, 0.1) is 0 Å². The SMILES string of the molecule is CCC(C)(CC)NCCN.